The van der Waals surface area contributed by atoms with E-state index < -0.39 is 0 Å². The predicted octanol–water partition coefficient (Wildman–Crippen LogP) is 3.77. The van der Waals surface area contributed by atoms with Crippen LogP contribution in [0.15, 0.2) is 36.5 Å². The summed E-state index contributed by atoms with van der Waals surface area (Å²) in [5.74, 6) is 4.31. The third-order valence-corrected chi connectivity index (χ3v) is 6.73. The van der Waals surface area contributed by atoms with E-state index in [0.29, 0.717) is 0 Å². The van der Waals surface area contributed by atoms with Crippen molar-refractivity contribution >= 4 is 28.5 Å². The van der Waals surface area contributed by atoms with Gasteiger partial charge in [-0.2, -0.15) is 11.8 Å². The van der Waals surface area contributed by atoms with Crippen LogP contribution in [0.2, 0.25) is 0 Å². The fraction of sp³-hybridized carbons (Fsp3) is 0.565. The van der Waals surface area contributed by atoms with Crippen molar-refractivity contribution in [1.82, 2.24) is 25.1 Å². The molecule has 1 aromatic carbocycles. The van der Waals surface area contributed by atoms with Gasteiger partial charge < -0.3 is 10.6 Å². The van der Waals surface area contributed by atoms with E-state index in [2.05, 4.69) is 50.9 Å². The first-order chi connectivity index (χ1) is 14.6. The molecule has 3 heterocycles. The maximum Gasteiger partial charge on any atom is 0.145 e. The molecular formula is C23H36N6S. The number of rotatable bonds is 6. The number of nitrogens with one attached hydrogen (secondary N) is 2. The monoisotopic (exact) mass is 428 g/mol. The van der Waals surface area contributed by atoms with Crippen molar-refractivity contribution in [3.05, 3.63) is 42.4 Å². The Labute approximate surface area is 185 Å². The van der Waals surface area contributed by atoms with Crippen molar-refractivity contribution in [3.8, 4) is 0 Å². The fourth-order valence-electron chi connectivity index (χ4n) is 4.16. The zero-order chi connectivity index (χ0) is 21.5. The summed E-state index contributed by atoms with van der Waals surface area (Å²) in [7, 11) is 1.92. The van der Waals surface area contributed by atoms with Gasteiger partial charge in [0.25, 0.3) is 0 Å². The number of allylic oxidation sites excluding steroid dienone is 1. The summed E-state index contributed by atoms with van der Waals surface area (Å²) in [6, 6.07) is 8.89. The van der Waals surface area contributed by atoms with Crippen LogP contribution in [0, 0.1) is 0 Å². The van der Waals surface area contributed by atoms with Crippen LogP contribution in [0.3, 0.4) is 0 Å². The lowest BCUT2D eigenvalue weighted by atomic mass is 10.1. The highest BCUT2D eigenvalue weighted by molar-refractivity contribution is 7.99. The lowest BCUT2D eigenvalue weighted by molar-refractivity contribution is 0.0360. The average Bonchev–Trinajstić information content (AvgIpc) is 3.30. The first-order valence-corrected chi connectivity index (χ1v) is 12.2. The molecule has 2 N–H and O–H groups in total. The summed E-state index contributed by atoms with van der Waals surface area (Å²) in [4.78, 5) is 14.7. The van der Waals surface area contributed by atoms with Crippen LogP contribution in [0.25, 0.3) is 10.9 Å². The van der Waals surface area contributed by atoms with Crippen LogP contribution in [0.4, 0.5) is 5.82 Å². The zero-order valence-corrected chi connectivity index (χ0v) is 19.6. The first-order valence-electron chi connectivity index (χ1n) is 11.1. The molecule has 2 aliphatic heterocycles. The van der Waals surface area contributed by atoms with Crippen molar-refractivity contribution in [1.29, 1.82) is 0 Å². The molecular weight excluding hydrogens is 392 g/mol. The molecule has 0 aliphatic carbocycles. The van der Waals surface area contributed by atoms with E-state index >= 15 is 0 Å². The lowest BCUT2D eigenvalue weighted by Gasteiger charge is -2.44. The summed E-state index contributed by atoms with van der Waals surface area (Å²) >= 11 is 2.08. The SMILES string of the molecule is C=C(C)NC1CN(C2CCSC2)CCN1Cc1nc(NC)c2ccccc2n1.CC. The van der Waals surface area contributed by atoms with E-state index in [9.17, 15) is 0 Å². The standard InChI is InChI=1S/C21H30N6S.C2H6/c1-15(2)23-20-13-26(16-8-11-28-14-16)9-10-27(20)12-19-24-18-7-5-4-6-17(18)21(22-3)25-19;1-2/h4-7,16,20,23H,1,8-14H2,2-3H3,(H,22,24,25);1-2H3. The van der Waals surface area contributed by atoms with Gasteiger partial charge in [-0.3, -0.25) is 9.80 Å². The quantitative estimate of drug-likeness (QED) is 0.726. The second-order valence-electron chi connectivity index (χ2n) is 7.68. The van der Waals surface area contributed by atoms with E-state index in [1.165, 1.54) is 17.9 Å². The maximum atomic E-state index is 4.83. The van der Waals surface area contributed by atoms with Gasteiger partial charge >= 0.3 is 0 Å². The number of benzene rings is 1. The van der Waals surface area contributed by atoms with E-state index in [1.54, 1.807) is 0 Å². The number of anilines is 1. The number of aromatic nitrogens is 2. The number of thioether (sulfide) groups is 1. The molecule has 2 aliphatic rings. The van der Waals surface area contributed by atoms with Gasteiger partial charge in [-0.15, -0.1) is 0 Å². The van der Waals surface area contributed by atoms with Crippen LogP contribution in [0.1, 0.15) is 33.0 Å². The molecule has 6 nitrogen and oxygen atoms in total. The third-order valence-electron chi connectivity index (χ3n) is 5.59. The lowest BCUT2D eigenvalue weighted by Crippen LogP contribution is -2.60. The minimum atomic E-state index is 0.241. The normalized spacial score (nSPS) is 22.4. The largest absolute Gasteiger partial charge is 0.373 e. The van der Waals surface area contributed by atoms with E-state index in [-0.39, 0.29) is 6.17 Å². The van der Waals surface area contributed by atoms with Crippen molar-refractivity contribution in [2.24, 2.45) is 0 Å². The van der Waals surface area contributed by atoms with Crippen LogP contribution in [-0.4, -0.2) is 70.2 Å². The topological polar surface area (TPSA) is 56.3 Å². The van der Waals surface area contributed by atoms with Crippen LogP contribution < -0.4 is 10.6 Å². The zero-order valence-electron chi connectivity index (χ0n) is 18.8. The first kappa shape index (κ1) is 22.8. The van der Waals surface area contributed by atoms with Crippen molar-refractivity contribution in [2.45, 2.75) is 45.9 Å². The molecule has 2 unspecified atom stereocenters. The summed E-state index contributed by atoms with van der Waals surface area (Å²) < 4.78 is 0. The summed E-state index contributed by atoms with van der Waals surface area (Å²) in [6.45, 7) is 14.0. The second-order valence-corrected chi connectivity index (χ2v) is 8.83. The van der Waals surface area contributed by atoms with Gasteiger partial charge in [-0.25, -0.2) is 9.97 Å². The molecule has 0 radical (unpaired) electrons. The van der Waals surface area contributed by atoms with E-state index in [4.69, 9.17) is 9.97 Å². The molecule has 0 spiro atoms. The molecule has 2 aromatic rings. The Morgan fingerprint density at radius 3 is 2.73 bits per heavy atom. The molecule has 0 saturated carbocycles. The Bertz CT molecular complexity index is 836. The Hall–Kier alpha value is -1.83. The molecule has 4 rings (SSSR count). The summed E-state index contributed by atoms with van der Waals surface area (Å²) in [5.41, 5.74) is 2.00. The number of piperazine rings is 1. The number of fused-ring (bicyclic) bond motifs is 1. The molecule has 0 bridgehead atoms. The van der Waals surface area contributed by atoms with Crippen LogP contribution in [0.5, 0.6) is 0 Å². The highest BCUT2D eigenvalue weighted by Gasteiger charge is 2.32. The van der Waals surface area contributed by atoms with Gasteiger partial charge in [0.1, 0.15) is 11.6 Å². The smallest absolute Gasteiger partial charge is 0.145 e. The number of hydrogen-bond acceptors (Lipinski definition) is 7. The Morgan fingerprint density at radius 2 is 2.03 bits per heavy atom. The summed E-state index contributed by atoms with van der Waals surface area (Å²) in [5, 5.41) is 7.87. The number of hydrogen-bond donors (Lipinski definition) is 2. The molecule has 164 valence electrons. The molecule has 2 atom stereocenters. The molecule has 7 heteroatoms. The van der Waals surface area contributed by atoms with Crippen LogP contribution in [-0.2, 0) is 6.54 Å². The number of nitrogens with zero attached hydrogens (tertiary/aromatic N) is 4. The van der Waals surface area contributed by atoms with Crippen molar-refractivity contribution in [2.75, 3.05) is 43.5 Å². The van der Waals surface area contributed by atoms with Gasteiger partial charge in [0, 0.05) is 49.6 Å². The molecule has 0 amide bonds. The second kappa shape index (κ2) is 11.0. The van der Waals surface area contributed by atoms with Crippen molar-refractivity contribution < 1.29 is 0 Å². The van der Waals surface area contributed by atoms with Gasteiger partial charge in [0.2, 0.25) is 0 Å². The van der Waals surface area contributed by atoms with Gasteiger partial charge in [-0.1, -0.05) is 32.6 Å². The van der Waals surface area contributed by atoms with Gasteiger partial charge in [0.15, 0.2) is 0 Å². The molecule has 2 fully saturated rings. The van der Waals surface area contributed by atoms with Gasteiger partial charge in [0.05, 0.1) is 18.2 Å². The minimum absolute atomic E-state index is 0.241. The van der Waals surface area contributed by atoms with Crippen molar-refractivity contribution in [3.63, 3.8) is 0 Å². The van der Waals surface area contributed by atoms with E-state index in [1.807, 2.05) is 40.0 Å². The average molecular weight is 429 g/mol. The highest BCUT2D eigenvalue weighted by atomic mass is 32.2. The third kappa shape index (κ3) is 5.45. The molecule has 1 aromatic heterocycles. The maximum absolute atomic E-state index is 4.83. The predicted molar refractivity (Wildman–Crippen MR) is 130 cm³/mol. The fourth-order valence-corrected chi connectivity index (χ4v) is 5.42. The summed E-state index contributed by atoms with van der Waals surface area (Å²) in [6.07, 6.45) is 1.55. The van der Waals surface area contributed by atoms with Crippen LogP contribution >= 0.6 is 11.8 Å². The Balaban J connectivity index is 0.00000124. The van der Waals surface area contributed by atoms with E-state index in [0.717, 1.165) is 60.5 Å². The minimum Gasteiger partial charge on any atom is -0.373 e. The molecule has 2 saturated heterocycles. The Morgan fingerprint density at radius 1 is 1.23 bits per heavy atom. The number of para-hydroxylation sites is 1. The highest BCUT2D eigenvalue weighted by Crippen LogP contribution is 2.25. The van der Waals surface area contributed by atoms with Gasteiger partial charge in [-0.05, 0) is 31.2 Å². The molecule has 30 heavy (non-hydrogen) atoms. The Kier molecular flexibility index (Phi) is 8.36.